The van der Waals surface area contributed by atoms with Gasteiger partial charge in [0.25, 0.3) is 5.91 Å². The minimum absolute atomic E-state index is 0.126. The Balaban J connectivity index is 1.90. The van der Waals surface area contributed by atoms with Crippen molar-refractivity contribution in [2.24, 2.45) is 0 Å². The first kappa shape index (κ1) is 22.9. The van der Waals surface area contributed by atoms with Crippen LogP contribution in [0.25, 0.3) is 11.0 Å². The number of hydrogen-bond acceptors (Lipinski definition) is 6. The lowest BCUT2D eigenvalue weighted by Crippen LogP contribution is -2.32. The number of fused-ring (bicyclic) bond motifs is 2. The molecule has 7 heteroatoms. The van der Waals surface area contributed by atoms with Gasteiger partial charge in [0.1, 0.15) is 5.58 Å². The highest BCUT2D eigenvalue weighted by Crippen LogP contribution is 2.41. The van der Waals surface area contributed by atoms with Gasteiger partial charge in [0, 0.05) is 6.54 Å². The quantitative estimate of drug-likeness (QED) is 0.519. The number of hydrogen-bond donors (Lipinski definition) is 0. The maximum atomic E-state index is 13.7. The summed E-state index contributed by atoms with van der Waals surface area (Å²) in [5.74, 6) is 0.995. The summed E-state index contributed by atoms with van der Waals surface area (Å²) < 4.78 is 16.9. The molecule has 0 radical (unpaired) electrons. The van der Waals surface area contributed by atoms with Crippen LogP contribution in [0.5, 0.6) is 11.5 Å². The summed E-state index contributed by atoms with van der Waals surface area (Å²) in [7, 11) is 7.13. The molecule has 1 aliphatic rings. The van der Waals surface area contributed by atoms with Gasteiger partial charge in [-0.15, -0.1) is 0 Å². The van der Waals surface area contributed by atoms with E-state index >= 15 is 0 Å². The number of carbonyl (C=O) groups excluding carboxylic acids is 1. The maximum Gasteiger partial charge on any atom is 0.290 e. The zero-order chi connectivity index (χ0) is 23.7. The summed E-state index contributed by atoms with van der Waals surface area (Å²) in [4.78, 5) is 31.0. The molecular weight excluding hydrogens is 420 g/mol. The zero-order valence-electron chi connectivity index (χ0n) is 19.8. The van der Waals surface area contributed by atoms with Crippen LogP contribution in [0.1, 0.15) is 46.6 Å². The molecule has 0 saturated heterocycles. The van der Waals surface area contributed by atoms with Crippen LogP contribution in [0.4, 0.5) is 0 Å². The molecule has 0 saturated carbocycles. The van der Waals surface area contributed by atoms with E-state index in [2.05, 4.69) is 4.90 Å². The largest absolute Gasteiger partial charge is 0.493 e. The number of aryl methyl sites for hydroxylation is 1. The van der Waals surface area contributed by atoms with Crippen LogP contribution in [0.15, 0.2) is 45.6 Å². The Morgan fingerprint density at radius 2 is 1.79 bits per heavy atom. The summed E-state index contributed by atoms with van der Waals surface area (Å²) in [6, 6.07) is 10.5. The van der Waals surface area contributed by atoms with Crippen molar-refractivity contribution in [3.05, 3.63) is 69.1 Å². The Bertz CT molecular complexity index is 1250. The van der Waals surface area contributed by atoms with Crippen LogP contribution in [-0.4, -0.2) is 57.1 Å². The van der Waals surface area contributed by atoms with Gasteiger partial charge in [-0.05, 0) is 68.9 Å². The Morgan fingerprint density at radius 3 is 2.45 bits per heavy atom. The fraction of sp³-hybridized carbons (Fsp3) is 0.385. The Morgan fingerprint density at radius 1 is 1.03 bits per heavy atom. The second-order valence-corrected chi connectivity index (χ2v) is 8.53. The molecule has 0 bridgehead atoms. The van der Waals surface area contributed by atoms with Crippen molar-refractivity contribution in [1.29, 1.82) is 0 Å². The van der Waals surface area contributed by atoms with Gasteiger partial charge >= 0.3 is 0 Å². The highest BCUT2D eigenvalue weighted by molar-refractivity contribution is 5.99. The molecule has 3 aromatic rings. The van der Waals surface area contributed by atoms with Crippen molar-refractivity contribution in [3.63, 3.8) is 0 Å². The predicted octanol–water partition coefficient (Wildman–Crippen LogP) is 3.87. The van der Waals surface area contributed by atoms with Crippen molar-refractivity contribution in [3.8, 4) is 11.5 Å². The van der Waals surface area contributed by atoms with Gasteiger partial charge in [0.05, 0.1) is 31.2 Å². The number of methoxy groups -OCH3 is 2. The van der Waals surface area contributed by atoms with Crippen molar-refractivity contribution in [2.75, 3.05) is 41.4 Å². The number of benzene rings is 2. The van der Waals surface area contributed by atoms with E-state index < -0.39 is 6.04 Å². The molecule has 1 amide bonds. The monoisotopic (exact) mass is 450 g/mol. The van der Waals surface area contributed by atoms with Gasteiger partial charge in [-0.1, -0.05) is 19.1 Å². The summed E-state index contributed by atoms with van der Waals surface area (Å²) in [5, 5.41) is 0.501. The summed E-state index contributed by atoms with van der Waals surface area (Å²) in [6.07, 6.45) is 1.57. The normalized spacial score (nSPS) is 15.4. The average molecular weight is 451 g/mol. The lowest BCUT2D eigenvalue weighted by molar-refractivity contribution is 0.0722. The molecule has 7 nitrogen and oxygen atoms in total. The zero-order valence-corrected chi connectivity index (χ0v) is 19.8. The van der Waals surface area contributed by atoms with Gasteiger partial charge in [-0.25, -0.2) is 0 Å². The second kappa shape index (κ2) is 9.27. The van der Waals surface area contributed by atoms with Gasteiger partial charge < -0.3 is 23.7 Å². The van der Waals surface area contributed by atoms with Gasteiger partial charge in [0.2, 0.25) is 5.76 Å². The van der Waals surface area contributed by atoms with Crippen molar-refractivity contribution < 1.29 is 18.7 Å². The second-order valence-electron chi connectivity index (χ2n) is 8.53. The molecule has 174 valence electrons. The highest BCUT2D eigenvalue weighted by Gasteiger charge is 2.42. The molecule has 1 aromatic heterocycles. The lowest BCUT2D eigenvalue weighted by atomic mass is 9.97. The van der Waals surface area contributed by atoms with E-state index in [0.717, 1.165) is 30.5 Å². The Kier molecular flexibility index (Phi) is 6.42. The molecule has 2 aromatic carbocycles. The van der Waals surface area contributed by atoms with Crippen molar-refractivity contribution >= 4 is 16.9 Å². The highest BCUT2D eigenvalue weighted by atomic mass is 16.5. The standard InChI is InChI=1S/C26H30N2O5/c1-6-16-8-10-19-18(14-16)24(29)22-23(17-9-11-20(31-4)21(15-17)32-5)28(13-7-12-27(2)3)26(30)25(22)33-19/h8-11,14-15,23H,6-7,12-13H2,1-5H3. The van der Waals surface area contributed by atoms with E-state index in [1.807, 2.05) is 45.3 Å². The van der Waals surface area contributed by atoms with Crippen LogP contribution in [-0.2, 0) is 6.42 Å². The minimum atomic E-state index is -0.555. The molecule has 1 atom stereocenters. The summed E-state index contributed by atoms with van der Waals surface area (Å²) in [5.41, 5.74) is 2.49. The van der Waals surface area contributed by atoms with Gasteiger partial charge in [-0.3, -0.25) is 9.59 Å². The van der Waals surface area contributed by atoms with Crippen LogP contribution in [0.2, 0.25) is 0 Å². The van der Waals surface area contributed by atoms with Crippen molar-refractivity contribution in [1.82, 2.24) is 9.80 Å². The van der Waals surface area contributed by atoms with Crippen LogP contribution in [0.3, 0.4) is 0 Å². The molecule has 0 N–H and O–H groups in total. The van der Waals surface area contributed by atoms with E-state index in [-0.39, 0.29) is 17.1 Å². The van der Waals surface area contributed by atoms with Gasteiger partial charge in [0.15, 0.2) is 16.9 Å². The number of ether oxygens (including phenoxy) is 2. The van der Waals surface area contributed by atoms with Crippen LogP contribution >= 0.6 is 0 Å². The smallest absolute Gasteiger partial charge is 0.290 e. The molecule has 4 rings (SSSR count). The number of rotatable bonds is 8. The molecule has 1 aliphatic heterocycles. The first-order valence-corrected chi connectivity index (χ1v) is 11.2. The first-order chi connectivity index (χ1) is 15.9. The minimum Gasteiger partial charge on any atom is -0.493 e. The topological polar surface area (TPSA) is 72.2 Å². The van der Waals surface area contributed by atoms with E-state index in [0.29, 0.717) is 34.6 Å². The molecule has 0 aliphatic carbocycles. The Labute approximate surface area is 193 Å². The number of carbonyl (C=O) groups is 1. The molecule has 0 spiro atoms. The third-order valence-electron chi connectivity index (χ3n) is 6.17. The lowest BCUT2D eigenvalue weighted by Gasteiger charge is -2.26. The maximum absolute atomic E-state index is 13.7. The summed E-state index contributed by atoms with van der Waals surface area (Å²) >= 11 is 0. The molecule has 2 heterocycles. The molecule has 33 heavy (non-hydrogen) atoms. The number of nitrogens with zero attached hydrogens (tertiary/aromatic N) is 2. The molecular formula is C26H30N2O5. The fourth-order valence-electron chi connectivity index (χ4n) is 4.44. The van der Waals surface area contributed by atoms with Crippen LogP contribution in [0, 0.1) is 0 Å². The van der Waals surface area contributed by atoms with Gasteiger partial charge in [-0.2, -0.15) is 0 Å². The average Bonchev–Trinajstić information content (AvgIpc) is 3.10. The number of amides is 1. The molecule has 0 fully saturated rings. The fourth-order valence-corrected chi connectivity index (χ4v) is 4.44. The third kappa shape index (κ3) is 4.09. The molecule has 1 unspecified atom stereocenters. The summed E-state index contributed by atoms with van der Waals surface area (Å²) in [6.45, 7) is 3.36. The van der Waals surface area contributed by atoms with E-state index in [1.165, 1.54) is 0 Å². The third-order valence-corrected chi connectivity index (χ3v) is 6.17. The van der Waals surface area contributed by atoms with E-state index in [9.17, 15) is 9.59 Å². The Hall–Kier alpha value is -3.32. The van der Waals surface area contributed by atoms with E-state index in [1.54, 1.807) is 31.3 Å². The van der Waals surface area contributed by atoms with E-state index in [4.69, 9.17) is 13.9 Å². The predicted molar refractivity (Wildman–Crippen MR) is 127 cm³/mol. The SMILES string of the molecule is CCc1ccc2oc3c(c(=O)c2c1)C(c1ccc(OC)c(OC)c1)N(CCCN(C)C)C3=O. The van der Waals surface area contributed by atoms with Crippen molar-refractivity contribution in [2.45, 2.75) is 25.8 Å². The first-order valence-electron chi connectivity index (χ1n) is 11.2. The van der Waals surface area contributed by atoms with Crippen LogP contribution < -0.4 is 14.9 Å².